The molecule has 1 aromatic heterocycles. The maximum absolute atomic E-state index is 10.8. The Balaban J connectivity index is 2.14. The van der Waals surface area contributed by atoms with Gasteiger partial charge in [-0.3, -0.25) is 10.1 Å². The van der Waals surface area contributed by atoms with E-state index < -0.39 is 12.0 Å². The van der Waals surface area contributed by atoms with Crippen LogP contribution in [0.1, 0.15) is 20.7 Å². The van der Waals surface area contributed by atoms with Crippen molar-refractivity contribution in [1.82, 2.24) is 5.32 Å². The van der Waals surface area contributed by atoms with Gasteiger partial charge in [0, 0.05) is 15.5 Å². The lowest BCUT2D eigenvalue weighted by atomic mass is 10.2. The Labute approximate surface area is 96.9 Å². The summed E-state index contributed by atoms with van der Waals surface area (Å²) >= 11 is 3.44. The first kappa shape index (κ1) is 11.0. The molecule has 0 bridgehead atoms. The minimum absolute atomic E-state index is 0.149. The lowest BCUT2D eigenvalue weighted by molar-refractivity contribution is -0.138. The Hall–Kier alpha value is -0.520. The van der Waals surface area contributed by atoms with Gasteiger partial charge in [0.1, 0.15) is 6.04 Å². The van der Waals surface area contributed by atoms with Gasteiger partial charge in [0.05, 0.1) is 5.37 Å². The van der Waals surface area contributed by atoms with Crippen LogP contribution in [-0.4, -0.2) is 22.9 Å². The highest BCUT2D eigenvalue weighted by Gasteiger charge is 2.31. The van der Waals surface area contributed by atoms with Crippen molar-refractivity contribution in [2.45, 2.75) is 25.3 Å². The molecule has 0 saturated carbocycles. The van der Waals surface area contributed by atoms with Crippen LogP contribution in [0.15, 0.2) is 6.07 Å². The quantitative estimate of drug-likeness (QED) is 0.835. The Bertz CT molecular complexity index is 389. The third-order valence-corrected chi connectivity index (χ3v) is 4.67. The molecule has 5 heteroatoms. The molecule has 3 nitrogen and oxygen atoms in total. The van der Waals surface area contributed by atoms with Crippen LogP contribution in [0.25, 0.3) is 0 Å². The number of carbonyl (C=O) groups is 1. The zero-order valence-electron chi connectivity index (χ0n) is 8.61. The van der Waals surface area contributed by atoms with E-state index in [2.05, 4.69) is 25.2 Å². The molecular weight excluding hydrogens is 230 g/mol. The molecule has 1 fully saturated rings. The molecule has 0 aromatic carbocycles. The number of nitrogens with one attached hydrogen (secondary N) is 1. The summed E-state index contributed by atoms with van der Waals surface area (Å²) in [6.45, 7) is 4.17. The Morgan fingerprint density at radius 2 is 2.33 bits per heavy atom. The van der Waals surface area contributed by atoms with Crippen molar-refractivity contribution >= 4 is 29.1 Å². The zero-order chi connectivity index (χ0) is 11.0. The summed E-state index contributed by atoms with van der Waals surface area (Å²) in [6, 6.07) is 1.74. The number of rotatable bonds is 2. The third-order valence-electron chi connectivity index (χ3n) is 2.44. The summed E-state index contributed by atoms with van der Waals surface area (Å²) in [5.74, 6) is -0.108. The standard InChI is InChI=1S/C10H13NO2S2/c1-5-3-7(6(2)15-5)9-11-8(4-14-9)10(12)13/h3,8-9,11H,4H2,1-2H3,(H,12,13)/t8-,9?/m0/s1. The van der Waals surface area contributed by atoms with Crippen molar-refractivity contribution < 1.29 is 9.90 Å². The fourth-order valence-electron chi connectivity index (χ4n) is 1.70. The van der Waals surface area contributed by atoms with Crippen LogP contribution in [0.5, 0.6) is 0 Å². The third kappa shape index (κ3) is 2.19. The maximum atomic E-state index is 10.8. The van der Waals surface area contributed by atoms with Crippen molar-refractivity contribution in [3.8, 4) is 0 Å². The van der Waals surface area contributed by atoms with Crippen LogP contribution in [0.4, 0.5) is 0 Å². The summed E-state index contributed by atoms with van der Waals surface area (Å²) in [7, 11) is 0. The second-order valence-electron chi connectivity index (χ2n) is 3.64. The molecule has 0 amide bonds. The second-order valence-corrected chi connectivity index (χ2v) is 6.24. The van der Waals surface area contributed by atoms with E-state index in [4.69, 9.17) is 5.11 Å². The van der Waals surface area contributed by atoms with Crippen LogP contribution >= 0.6 is 23.1 Å². The van der Waals surface area contributed by atoms with E-state index in [-0.39, 0.29) is 5.37 Å². The molecule has 2 N–H and O–H groups in total. The van der Waals surface area contributed by atoms with E-state index in [1.54, 1.807) is 23.1 Å². The molecule has 1 aliphatic heterocycles. The van der Waals surface area contributed by atoms with Gasteiger partial charge in [-0.1, -0.05) is 0 Å². The predicted molar refractivity (Wildman–Crippen MR) is 63.6 cm³/mol. The lowest BCUT2D eigenvalue weighted by Crippen LogP contribution is -2.33. The van der Waals surface area contributed by atoms with Crippen LogP contribution < -0.4 is 5.32 Å². The fraction of sp³-hybridized carbons (Fsp3) is 0.500. The van der Waals surface area contributed by atoms with Crippen LogP contribution in [0, 0.1) is 13.8 Å². The van der Waals surface area contributed by atoms with Gasteiger partial charge in [0.2, 0.25) is 0 Å². The van der Waals surface area contributed by atoms with Gasteiger partial charge in [-0.2, -0.15) is 0 Å². The van der Waals surface area contributed by atoms with E-state index >= 15 is 0 Å². The Morgan fingerprint density at radius 3 is 2.80 bits per heavy atom. The van der Waals surface area contributed by atoms with E-state index in [9.17, 15) is 4.79 Å². The smallest absolute Gasteiger partial charge is 0.321 e. The van der Waals surface area contributed by atoms with Gasteiger partial charge in [0.25, 0.3) is 0 Å². The molecule has 2 atom stereocenters. The number of aliphatic carboxylic acids is 1. The van der Waals surface area contributed by atoms with E-state index in [1.807, 2.05) is 0 Å². The molecule has 1 aromatic rings. The molecule has 0 radical (unpaired) electrons. The van der Waals surface area contributed by atoms with Crippen LogP contribution in [0.3, 0.4) is 0 Å². The minimum atomic E-state index is -0.755. The number of carboxylic acids is 1. The molecule has 0 spiro atoms. The largest absolute Gasteiger partial charge is 0.480 e. The average Bonchev–Trinajstić information content (AvgIpc) is 2.71. The van der Waals surface area contributed by atoms with E-state index in [0.717, 1.165) is 0 Å². The summed E-state index contributed by atoms with van der Waals surface area (Å²) in [4.78, 5) is 13.4. The summed E-state index contributed by atoms with van der Waals surface area (Å²) in [6.07, 6.45) is 0. The van der Waals surface area contributed by atoms with Gasteiger partial charge in [-0.05, 0) is 25.5 Å². The molecular formula is C10H13NO2S2. The van der Waals surface area contributed by atoms with E-state index in [1.165, 1.54) is 15.3 Å². The molecule has 15 heavy (non-hydrogen) atoms. The first-order valence-electron chi connectivity index (χ1n) is 4.75. The summed E-state index contributed by atoms with van der Waals surface area (Å²) in [5, 5.41) is 12.2. The topological polar surface area (TPSA) is 49.3 Å². The number of thiophene rings is 1. The van der Waals surface area contributed by atoms with Gasteiger partial charge < -0.3 is 5.11 Å². The SMILES string of the molecule is Cc1cc(C2N[C@H](C(=O)O)CS2)c(C)s1. The highest BCUT2D eigenvalue weighted by atomic mass is 32.2. The van der Waals surface area contributed by atoms with E-state index in [0.29, 0.717) is 5.75 Å². The fourth-order valence-corrected chi connectivity index (χ4v) is 4.05. The first-order chi connectivity index (χ1) is 7.08. The molecule has 1 aliphatic rings. The minimum Gasteiger partial charge on any atom is -0.480 e. The molecule has 0 aliphatic carbocycles. The molecule has 1 unspecified atom stereocenters. The first-order valence-corrected chi connectivity index (χ1v) is 6.62. The van der Waals surface area contributed by atoms with Gasteiger partial charge in [-0.25, -0.2) is 0 Å². The monoisotopic (exact) mass is 243 g/mol. The van der Waals surface area contributed by atoms with Crippen molar-refractivity contribution in [2.75, 3.05) is 5.75 Å². The average molecular weight is 243 g/mol. The van der Waals surface area contributed by atoms with Gasteiger partial charge in [-0.15, -0.1) is 23.1 Å². The van der Waals surface area contributed by atoms with Crippen molar-refractivity contribution in [3.63, 3.8) is 0 Å². The number of carboxylic acid groups (broad SMARTS) is 1. The normalized spacial score (nSPS) is 25.7. The number of thioether (sulfide) groups is 1. The number of hydrogen-bond donors (Lipinski definition) is 2. The zero-order valence-corrected chi connectivity index (χ0v) is 10.2. The highest BCUT2D eigenvalue weighted by molar-refractivity contribution is 7.99. The maximum Gasteiger partial charge on any atom is 0.321 e. The number of hydrogen-bond acceptors (Lipinski definition) is 4. The van der Waals surface area contributed by atoms with Crippen LogP contribution in [0.2, 0.25) is 0 Å². The molecule has 82 valence electrons. The predicted octanol–water partition coefficient (Wildman–Crippen LogP) is 2.15. The van der Waals surface area contributed by atoms with Crippen molar-refractivity contribution in [3.05, 3.63) is 21.4 Å². The second kappa shape index (κ2) is 4.15. The summed E-state index contributed by atoms with van der Waals surface area (Å²) < 4.78 is 0. The molecule has 2 heterocycles. The van der Waals surface area contributed by atoms with Crippen molar-refractivity contribution in [2.24, 2.45) is 0 Å². The van der Waals surface area contributed by atoms with Gasteiger partial charge >= 0.3 is 5.97 Å². The van der Waals surface area contributed by atoms with Crippen molar-refractivity contribution in [1.29, 1.82) is 0 Å². The Kier molecular flexibility index (Phi) is 3.04. The van der Waals surface area contributed by atoms with Crippen LogP contribution in [-0.2, 0) is 4.79 Å². The number of aryl methyl sites for hydroxylation is 2. The Morgan fingerprint density at radius 1 is 1.60 bits per heavy atom. The molecule has 1 saturated heterocycles. The highest BCUT2D eigenvalue weighted by Crippen LogP contribution is 2.37. The summed E-state index contributed by atoms with van der Waals surface area (Å²) in [5.41, 5.74) is 1.24. The lowest BCUT2D eigenvalue weighted by Gasteiger charge is -2.10. The molecule has 2 rings (SSSR count). The van der Waals surface area contributed by atoms with Gasteiger partial charge in [0.15, 0.2) is 0 Å².